The van der Waals surface area contributed by atoms with Gasteiger partial charge in [0.25, 0.3) is 0 Å². The van der Waals surface area contributed by atoms with Crippen molar-refractivity contribution in [1.29, 1.82) is 0 Å². The van der Waals surface area contributed by atoms with E-state index in [0.717, 1.165) is 46.7 Å². The molecule has 4 rings (SSSR count). The maximum Gasteiger partial charge on any atom is 0.138 e. The van der Waals surface area contributed by atoms with Crippen LogP contribution in [-0.4, -0.2) is 15.1 Å². The van der Waals surface area contributed by atoms with Gasteiger partial charge in [0.2, 0.25) is 0 Å². The maximum atomic E-state index is 9.98. The normalized spacial score (nSPS) is 16.9. The fourth-order valence-corrected chi connectivity index (χ4v) is 3.90. The number of aromatic nitrogens is 2. The van der Waals surface area contributed by atoms with Gasteiger partial charge in [0.1, 0.15) is 22.2 Å². The molecule has 2 aromatic heterocycles. The molecule has 1 atom stereocenters. The van der Waals surface area contributed by atoms with Crippen LogP contribution in [0.2, 0.25) is 0 Å². The van der Waals surface area contributed by atoms with Crippen LogP contribution in [0.4, 0.5) is 5.82 Å². The van der Waals surface area contributed by atoms with Crippen molar-refractivity contribution < 1.29 is 5.11 Å². The summed E-state index contributed by atoms with van der Waals surface area (Å²) >= 11 is 1.65. The molecular formula is C17H17N3OS. The van der Waals surface area contributed by atoms with Crippen molar-refractivity contribution in [1.82, 2.24) is 9.97 Å². The summed E-state index contributed by atoms with van der Waals surface area (Å²) in [6.45, 7) is 2.07. The molecule has 1 unspecified atom stereocenters. The van der Waals surface area contributed by atoms with E-state index >= 15 is 0 Å². The van der Waals surface area contributed by atoms with Gasteiger partial charge < -0.3 is 10.4 Å². The van der Waals surface area contributed by atoms with E-state index < -0.39 is 0 Å². The number of aryl methyl sites for hydroxylation is 1. The van der Waals surface area contributed by atoms with E-state index in [1.165, 1.54) is 5.56 Å². The van der Waals surface area contributed by atoms with Crippen LogP contribution in [0, 0.1) is 0 Å². The van der Waals surface area contributed by atoms with Crippen LogP contribution in [0.3, 0.4) is 0 Å². The third-order valence-corrected chi connectivity index (χ3v) is 5.05. The number of benzene rings is 1. The molecule has 0 radical (unpaired) electrons. The molecule has 4 nitrogen and oxygen atoms in total. The molecule has 22 heavy (non-hydrogen) atoms. The highest BCUT2D eigenvalue weighted by Gasteiger charge is 2.25. The number of hydrogen-bond acceptors (Lipinski definition) is 5. The van der Waals surface area contributed by atoms with Gasteiger partial charge in [0, 0.05) is 6.42 Å². The first-order valence-corrected chi connectivity index (χ1v) is 8.45. The number of nitrogens with one attached hydrogen (secondary N) is 1. The van der Waals surface area contributed by atoms with Gasteiger partial charge in [-0.2, -0.15) is 0 Å². The number of phenols is 1. The molecule has 0 amide bonds. The molecular weight excluding hydrogens is 294 g/mol. The lowest BCUT2D eigenvalue weighted by atomic mass is 10.1. The van der Waals surface area contributed by atoms with Gasteiger partial charge >= 0.3 is 0 Å². The molecule has 3 aromatic rings. The summed E-state index contributed by atoms with van der Waals surface area (Å²) < 4.78 is 0. The van der Waals surface area contributed by atoms with Crippen molar-refractivity contribution in [3.05, 3.63) is 46.6 Å². The second-order valence-corrected chi connectivity index (χ2v) is 6.46. The summed E-state index contributed by atoms with van der Waals surface area (Å²) in [6.07, 6.45) is 2.70. The Hall–Kier alpha value is -2.14. The molecule has 1 aliphatic rings. The van der Waals surface area contributed by atoms with Crippen molar-refractivity contribution in [3.63, 3.8) is 0 Å². The zero-order valence-electron chi connectivity index (χ0n) is 12.3. The number of fused-ring (bicyclic) bond motifs is 2. The molecule has 1 aliphatic carbocycles. The number of rotatable bonds is 3. The molecule has 5 heteroatoms. The zero-order chi connectivity index (χ0) is 15.1. The van der Waals surface area contributed by atoms with E-state index in [9.17, 15) is 5.11 Å². The average molecular weight is 311 g/mol. The summed E-state index contributed by atoms with van der Waals surface area (Å²) in [4.78, 5) is 10.3. The minimum absolute atomic E-state index is 0.199. The zero-order valence-corrected chi connectivity index (χ0v) is 13.2. The maximum absolute atomic E-state index is 9.98. The minimum Gasteiger partial charge on any atom is -0.508 e. The Morgan fingerprint density at radius 1 is 1.32 bits per heavy atom. The lowest BCUT2D eigenvalue weighted by Gasteiger charge is -2.16. The lowest BCUT2D eigenvalue weighted by Crippen LogP contribution is -2.10. The van der Waals surface area contributed by atoms with Crippen LogP contribution in [-0.2, 0) is 12.8 Å². The number of nitrogens with zero attached hydrogens (tertiary/aromatic N) is 2. The fraction of sp³-hybridized carbons (Fsp3) is 0.294. The van der Waals surface area contributed by atoms with Crippen LogP contribution >= 0.6 is 11.3 Å². The van der Waals surface area contributed by atoms with Crippen molar-refractivity contribution in [2.75, 3.05) is 5.32 Å². The summed E-state index contributed by atoms with van der Waals surface area (Å²) in [6, 6.07) is 8.03. The molecule has 112 valence electrons. The quantitative estimate of drug-likeness (QED) is 0.766. The van der Waals surface area contributed by atoms with E-state index in [0.29, 0.717) is 5.75 Å². The first-order chi connectivity index (χ1) is 10.8. The highest BCUT2D eigenvalue weighted by atomic mass is 32.1. The largest absolute Gasteiger partial charge is 0.508 e. The number of anilines is 1. The summed E-state index contributed by atoms with van der Waals surface area (Å²) in [7, 11) is 0. The van der Waals surface area contributed by atoms with Crippen LogP contribution in [0.1, 0.15) is 36.3 Å². The van der Waals surface area contributed by atoms with Crippen LogP contribution in [0.15, 0.2) is 29.6 Å². The molecule has 0 saturated carbocycles. The van der Waals surface area contributed by atoms with E-state index in [-0.39, 0.29) is 6.04 Å². The standard InChI is InChI=1S/C17H17N3OS/c1-2-15-19-16(12-8-9-22-17(12)20-15)18-13-7-6-11-10(13)4-3-5-14(11)21/h3-5,8-9,13,21H,2,6-7H2,1H3,(H,18,19,20). The molecule has 0 saturated heterocycles. The Kier molecular flexibility index (Phi) is 3.22. The van der Waals surface area contributed by atoms with Gasteiger partial charge in [-0.05, 0) is 41.5 Å². The number of phenolic OH excluding ortho intramolecular Hbond substituents is 1. The van der Waals surface area contributed by atoms with Gasteiger partial charge in [0.05, 0.1) is 11.4 Å². The number of thiophene rings is 1. The third-order valence-electron chi connectivity index (χ3n) is 4.24. The summed E-state index contributed by atoms with van der Waals surface area (Å²) in [5.74, 6) is 2.18. The summed E-state index contributed by atoms with van der Waals surface area (Å²) in [5.41, 5.74) is 2.24. The van der Waals surface area contributed by atoms with Gasteiger partial charge in [-0.15, -0.1) is 11.3 Å². The van der Waals surface area contributed by atoms with E-state index in [1.807, 2.05) is 6.07 Å². The predicted molar refractivity (Wildman–Crippen MR) is 89.6 cm³/mol. The van der Waals surface area contributed by atoms with Crippen LogP contribution in [0.25, 0.3) is 10.2 Å². The Labute approximate surface area is 132 Å². The Balaban J connectivity index is 1.74. The highest BCUT2D eigenvalue weighted by molar-refractivity contribution is 7.16. The highest BCUT2D eigenvalue weighted by Crippen LogP contribution is 2.39. The molecule has 0 fully saturated rings. The van der Waals surface area contributed by atoms with E-state index in [1.54, 1.807) is 17.4 Å². The van der Waals surface area contributed by atoms with E-state index in [2.05, 4.69) is 39.7 Å². The van der Waals surface area contributed by atoms with Gasteiger partial charge in [-0.3, -0.25) is 0 Å². The molecule has 0 spiro atoms. The van der Waals surface area contributed by atoms with Gasteiger partial charge in [-0.1, -0.05) is 19.1 Å². The van der Waals surface area contributed by atoms with Crippen molar-refractivity contribution in [2.24, 2.45) is 0 Å². The fourth-order valence-electron chi connectivity index (χ4n) is 3.12. The second kappa shape index (κ2) is 5.25. The summed E-state index contributed by atoms with van der Waals surface area (Å²) in [5, 5.41) is 16.7. The van der Waals surface area contributed by atoms with Crippen molar-refractivity contribution in [3.8, 4) is 5.75 Å². The molecule has 2 N–H and O–H groups in total. The first-order valence-electron chi connectivity index (χ1n) is 7.57. The average Bonchev–Trinajstić information content (AvgIpc) is 3.15. The molecule has 1 aromatic carbocycles. The number of aromatic hydroxyl groups is 1. The van der Waals surface area contributed by atoms with Crippen LogP contribution in [0.5, 0.6) is 5.75 Å². The van der Waals surface area contributed by atoms with Gasteiger partial charge in [0.15, 0.2) is 0 Å². The Morgan fingerprint density at radius 3 is 3.09 bits per heavy atom. The van der Waals surface area contributed by atoms with Crippen molar-refractivity contribution >= 4 is 27.4 Å². The molecule has 0 aliphatic heterocycles. The lowest BCUT2D eigenvalue weighted by molar-refractivity contribution is 0.469. The van der Waals surface area contributed by atoms with E-state index in [4.69, 9.17) is 0 Å². The Bertz CT molecular complexity index is 843. The monoisotopic (exact) mass is 311 g/mol. The number of hydrogen-bond donors (Lipinski definition) is 2. The van der Waals surface area contributed by atoms with Crippen LogP contribution < -0.4 is 5.32 Å². The SMILES string of the molecule is CCc1nc(NC2CCc3c(O)cccc32)c2ccsc2n1. The Morgan fingerprint density at radius 2 is 2.23 bits per heavy atom. The minimum atomic E-state index is 0.199. The topological polar surface area (TPSA) is 58.0 Å². The molecule has 2 heterocycles. The first kappa shape index (κ1) is 13.5. The van der Waals surface area contributed by atoms with Gasteiger partial charge in [-0.25, -0.2) is 9.97 Å². The predicted octanol–water partition coefficient (Wildman–Crippen LogP) is 4.06. The second-order valence-electron chi connectivity index (χ2n) is 5.56. The third kappa shape index (κ3) is 2.13. The smallest absolute Gasteiger partial charge is 0.138 e. The molecule has 0 bridgehead atoms. The van der Waals surface area contributed by atoms with Crippen molar-refractivity contribution in [2.45, 2.75) is 32.2 Å².